The van der Waals surface area contributed by atoms with Gasteiger partial charge in [-0.3, -0.25) is 0 Å². The molecule has 18 heavy (non-hydrogen) atoms. The van der Waals surface area contributed by atoms with Crippen LogP contribution in [0.25, 0.3) is 0 Å². The lowest BCUT2D eigenvalue weighted by Crippen LogP contribution is -2.27. The van der Waals surface area contributed by atoms with Gasteiger partial charge in [-0.05, 0) is 31.7 Å². The third-order valence-electron chi connectivity index (χ3n) is 4.13. The summed E-state index contributed by atoms with van der Waals surface area (Å²) in [7, 11) is 0. The predicted molar refractivity (Wildman–Crippen MR) is 76.7 cm³/mol. The van der Waals surface area contributed by atoms with Gasteiger partial charge in [0.1, 0.15) is 0 Å². The molecule has 1 fully saturated rings. The first-order valence-electron chi connectivity index (χ1n) is 7.24. The Morgan fingerprint density at radius 2 is 2.11 bits per heavy atom. The van der Waals surface area contributed by atoms with Crippen LogP contribution < -0.4 is 5.32 Å². The van der Waals surface area contributed by atoms with Crippen molar-refractivity contribution in [3.63, 3.8) is 0 Å². The van der Waals surface area contributed by atoms with Gasteiger partial charge in [-0.15, -0.1) is 0 Å². The lowest BCUT2D eigenvalue weighted by atomic mass is 9.84. The molecule has 2 rings (SSSR count). The normalized spacial score (nSPS) is 25.7. The number of anilines is 1. The van der Waals surface area contributed by atoms with Crippen molar-refractivity contribution in [2.24, 2.45) is 5.92 Å². The summed E-state index contributed by atoms with van der Waals surface area (Å²) in [6.07, 6.45) is 6.12. The molecule has 0 spiro atoms. The molecule has 3 unspecified atom stereocenters. The zero-order valence-electron chi connectivity index (χ0n) is 11.5. The minimum absolute atomic E-state index is 0.403. The first kappa shape index (κ1) is 13.4. The maximum atomic E-state index is 9.79. The van der Waals surface area contributed by atoms with Crippen LogP contribution in [0.5, 0.6) is 0 Å². The molecule has 0 heterocycles. The topological polar surface area (TPSA) is 32.3 Å². The van der Waals surface area contributed by atoms with Crippen LogP contribution in [-0.4, -0.2) is 11.1 Å². The SMILES string of the molecule is CCC1CCCC(Nc2ccccc2C(C)O)C1. The molecule has 0 saturated heterocycles. The molecule has 1 saturated carbocycles. The van der Waals surface area contributed by atoms with Gasteiger partial charge in [0.15, 0.2) is 0 Å². The summed E-state index contributed by atoms with van der Waals surface area (Å²) in [6.45, 7) is 4.12. The lowest BCUT2D eigenvalue weighted by molar-refractivity contribution is 0.200. The fourth-order valence-electron chi connectivity index (χ4n) is 3.01. The predicted octanol–water partition coefficient (Wildman–Crippen LogP) is 4.12. The molecule has 2 N–H and O–H groups in total. The van der Waals surface area contributed by atoms with E-state index in [9.17, 15) is 5.11 Å². The van der Waals surface area contributed by atoms with Gasteiger partial charge in [-0.2, -0.15) is 0 Å². The smallest absolute Gasteiger partial charge is 0.0781 e. The quantitative estimate of drug-likeness (QED) is 0.838. The fraction of sp³-hybridized carbons (Fsp3) is 0.625. The summed E-state index contributed by atoms with van der Waals surface area (Å²) in [4.78, 5) is 0. The fourth-order valence-corrected chi connectivity index (χ4v) is 3.01. The third kappa shape index (κ3) is 3.26. The van der Waals surface area contributed by atoms with Crippen LogP contribution in [0.15, 0.2) is 24.3 Å². The molecule has 2 nitrogen and oxygen atoms in total. The number of hydrogen-bond acceptors (Lipinski definition) is 2. The highest BCUT2D eigenvalue weighted by Crippen LogP contribution is 2.30. The van der Waals surface area contributed by atoms with E-state index in [2.05, 4.69) is 18.3 Å². The summed E-state index contributed by atoms with van der Waals surface area (Å²) < 4.78 is 0. The zero-order valence-corrected chi connectivity index (χ0v) is 11.5. The number of hydrogen-bond donors (Lipinski definition) is 2. The highest BCUT2D eigenvalue weighted by molar-refractivity contribution is 5.52. The van der Waals surface area contributed by atoms with Gasteiger partial charge < -0.3 is 10.4 Å². The number of aliphatic hydroxyl groups is 1. The molecule has 0 aromatic heterocycles. The standard InChI is InChI=1S/C16H25NO/c1-3-13-7-6-8-14(11-13)17-16-10-5-4-9-15(16)12(2)18/h4-5,9-10,12-14,17-18H,3,6-8,11H2,1-2H3. The molecule has 0 bridgehead atoms. The van der Waals surface area contributed by atoms with E-state index >= 15 is 0 Å². The van der Waals surface area contributed by atoms with Crippen molar-refractivity contribution in [3.05, 3.63) is 29.8 Å². The number of aliphatic hydroxyl groups excluding tert-OH is 1. The lowest BCUT2D eigenvalue weighted by Gasteiger charge is -2.30. The third-order valence-corrected chi connectivity index (χ3v) is 4.13. The van der Waals surface area contributed by atoms with Crippen LogP contribution in [0.2, 0.25) is 0 Å². The second-order valence-corrected chi connectivity index (χ2v) is 5.55. The second kappa shape index (κ2) is 6.24. The van der Waals surface area contributed by atoms with Crippen molar-refractivity contribution in [2.75, 3.05) is 5.32 Å². The van der Waals surface area contributed by atoms with Gasteiger partial charge in [0.05, 0.1) is 6.10 Å². The largest absolute Gasteiger partial charge is 0.389 e. The van der Waals surface area contributed by atoms with Crippen molar-refractivity contribution < 1.29 is 5.11 Å². The molecule has 1 aromatic rings. The van der Waals surface area contributed by atoms with E-state index in [1.807, 2.05) is 25.1 Å². The number of para-hydroxylation sites is 1. The molecular formula is C16H25NO. The number of benzene rings is 1. The molecule has 100 valence electrons. The first-order chi connectivity index (χ1) is 8.70. The van der Waals surface area contributed by atoms with Crippen LogP contribution in [-0.2, 0) is 0 Å². The molecule has 1 aliphatic carbocycles. The summed E-state index contributed by atoms with van der Waals surface area (Å²) >= 11 is 0. The van der Waals surface area contributed by atoms with Crippen molar-refractivity contribution in [1.29, 1.82) is 0 Å². The molecule has 0 aliphatic heterocycles. The van der Waals surface area contributed by atoms with E-state index in [0.717, 1.165) is 17.2 Å². The van der Waals surface area contributed by atoms with Gasteiger partial charge in [0, 0.05) is 17.3 Å². The Balaban J connectivity index is 2.04. The van der Waals surface area contributed by atoms with Crippen LogP contribution >= 0.6 is 0 Å². The molecule has 1 aliphatic rings. The highest BCUT2D eigenvalue weighted by Gasteiger charge is 2.21. The Labute approximate surface area is 110 Å². The van der Waals surface area contributed by atoms with Crippen LogP contribution in [0.3, 0.4) is 0 Å². The van der Waals surface area contributed by atoms with E-state index in [0.29, 0.717) is 6.04 Å². The maximum Gasteiger partial charge on any atom is 0.0781 e. The Kier molecular flexibility index (Phi) is 4.65. The molecular weight excluding hydrogens is 222 g/mol. The average molecular weight is 247 g/mol. The Morgan fingerprint density at radius 3 is 2.83 bits per heavy atom. The molecule has 0 amide bonds. The highest BCUT2D eigenvalue weighted by atomic mass is 16.3. The number of rotatable bonds is 4. The number of nitrogens with one attached hydrogen (secondary N) is 1. The maximum absolute atomic E-state index is 9.79. The van der Waals surface area contributed by atoms with E-state index < -0.39 is 6.10 Å². The zero-order chi connectivity index (χ0) is 13.0. The van der Waals surface area contributed by atoms with Gasteiger partial charge in [-0.25, -0.2) is 0 Å². The second-order valence-electron chi connectivity index (χ2n) is 5.55. The van der Waals surface area contributed by atoms with E-state index in [1.54, 1.807) is 0 Å². The Morgan fingerprint density at radius 1 is 1.33 bits per heavy atom. The molecule has 0 radical (unpaired) electrons. The average Bonchev–Trinajstić information content (AvgIpc) is 2.39. The van der Waals surface area contributed by atoms with E-state index in [1.165, 1.54) is 32.1 Å². The minimum atomic E-state index is -0.403. The van der Waals surface area contributed by atoms with E-state index in [-0.39, 0.29) is 0 Å². The summed E-state index contributed by atoms with van der Waals surface area (Å²) in [5.41, 5.74) is 2.12. The van der Waals surface area contributed by atoms with Crippen molar-refractivity contribution >= 4 is 5.69 Å². The summed E-state index contributed by atoms with van der Waals surface area (Å²) in [5.74, 6) is 0.870. The van der Waals surface area contributed by atoms with Gasteiger partial charge in [0.2, 0.25) is 0 Å². The van der Waals surface area contributed by atoms with Crippen molar-refractivity contribution in [1.82, 2.24) is 0 Å². The Bertz CT molecular complexity index is 375. The monoisotopic (exact) mass is 247 g/mol. The molecule has 1 aromatic carbocycles. The summed E-state index contributed by atoms with van der Waals surface area (Å²) in [6, 6.07) is 8.69. The Hall–Kier alpha value is -1.02. The summed E-state index contributed by atoms with van der Waals surface area (Å²) in [5, 5.41) is 13.4. The van der Waals surface area contributed by atoms with Crippen molar-refractivity contribution in [2.45, 2.75) is 58.1 Å². The van der Waals surface area contributed by atoms with Crippen molar-refractivity contribution in [3.8, 4) is 0 Å². The van der Waals surface area contributed by atoms with Gasteiger partial charge >= 0.3 is 0 Å². The molecule has 3 atom stereocenters. The first-order valence-corrected chi connectivity index (χ1v) is 7.24. The van der Waals surface area contributed by atoms with Crippen LogP contribution in [0, 0.1) is 5.92 Å². The minimum Gasteiger partial charge on any atom is -0.389 e. The van der Waals surface area contributed by atoms with Crippen LogP contribution in [0.1, 0.15) is 57.6 Å². The molecule has 2 heteroatoms. The van der Waals surface area contributed by atoms with E-state index in [4.69, 9.17) is 0 Å². The van der Waals surface area contributed by atoms with Gasteiger partial charge in [-0.1, -0.05) is 44.4 Å². The van der Waals surface area contributed by atoms with Gasteiger partial charge in [0.25, 0.3) is 0 Å². The van der Waals surface area contributed by atoms with Crippen LogP contribution in [0.4, 0.5) is 5.69 Å².